The van der Waals surface area contributed by atoms with Crippen molar-refractivity contribution in [2.45, 2.75) is 47.1 Å². The molecular weight excluding hydrogens is 388 g/mol. The van der Waals surface area contributed by atoms with E-state index < -0.39 is 5.97 Å². The fourth-order valence-electron chi connectivity index (χ4n) is 3.25. The molecule has 0 aromatic carbocycles. The zero-order valence-electron chi connectivity index (χ0n) is 17.6. The van der Waals surface area contributed by atoms with Crippen LogP contribution in [0.25, 0.3) is 11.0 Å². The van der Waals surface area contributed by atoms with E-state index in [1.54, 1.807) is 19.2 Å². The summed E-state index contributed by atoms with van der Waals surface area (Å²) in [5, 5.41) is 10.4. The van der Waals surface area contributed by atoms with Gasteiger partial charge in [0, 0.05) is 11.4 Å². The number of ether oxygens (including phenoxy) is 1. The number of carbonyl (C=O) groups is 2. The normalized spacial score (nSPS) is 11.4. The predicted molar refractivity (Wildman–Crippen MR) is 115 cm³/mol. The number of carbonyl (C=O) groups excluding carboxylic acids is 2. The number of rotatable bonds is 6. The molecule has 3 aromatic heterocycles. The molecule has 0 aliphatic carbocycles. The first kappa shape index (κ1) is 21.0. The van der Waals surface area contributed by atoms with E-state index in [4.69, 9.17) is 4.74 Å². The van der Waals surface area contributed by atoms with E-state index in [1.807, 2.05) is 23.9 Å². The van der Waals surface area contributed by atoms with Crippen molar-refractivity contribution in [2.24, 2.45) is 5.92 Å². The van der Waals surface area contributed by atoms with Gasteiger partial charge in [0.25, 0.3) is 5.91 Å². The van der Waals surface area contributed by atoms with Gasteiger partial charge in [-0.05, 0) is 50.1 Å². The van der Waals surface area contributed by atoms with Gasteiger partial charge < -0.3 is 10.1 Å². The molecule has 0 saturated heterocycles. The maximum Gasteiger partial charge on any atom is 0.341 e. The molecule has 0 radical (unpaired) electrons. The van der Waals surface area contributed by atoms with Crippen LogP contribution in [0.5, 0.6) is 0 Å². The Morgan fingerprint density at radius 1 is 1.28 bits per heavy atom. The molecule has 0 aliphatic heterocycles. The molecule has 1 N–H and O–H groups in total. The molecule has 3 rings (SSSR count). The summed E-state index contributed by atoms with van der Waals surface area (Å²) in [6.45, 7) is 10.0. The molecular formula is C21H26N4O3S. The number of amides is 1. The van der Waals surface area contributed by atoms with Gasteiger partial charge in [0.1, 0.15) is 5.00 Å². The van der Waals surface area contributed by atoms with E-state index in [0.717, 1.165) is 23.0 Å². The maximum absolute atomic E-state index is 13.0. The zero-order valence-corrected chi connectivity index (χ0v) is 18.4. The minimum Gasteiger partial charge on any atom is -0.465 e. The van der Waals surface area contributed by atoms with Crippen molar-refractivity contribution in [2.75, 3.05) is 12.4 Å². The van der Waals surface area contributed by atoms with Crippen LogP contribution in [0, 0.1) is 12.8 Å². The Morgan fingerprint density at radius 2 is 2.00 bits per heavy atom. The van der Waals surface area contributed by atoms with Crippen LogP contribution in [0.3, 0.4) is 0 Å². The summed E-state index contributed by atoms with van der Waals surface area (Å²) in [6.07, 6.45) is 2.45. The van der Waals surface area contributed by atoms with Crippen molar-refractivity contribution in [1.82, 2.24) is 14.8 Å². The van der Waals surface area contributed by atoms with Gasteiger partial charge in [-0.25, -0.2) is 14.5 Å². The zero-order chi connectivity index (χ0) is 21.3. The van der Waals surface area contributed by atoms with Gasteiger partial charge in [-0.2, -0.15) is 5.10 Å². The van der Waals surface area contributed by atoms with Crippen molar-refractivity contribution < 1.29 is 14.3 Å². The topological polar surface area (TPSA) is 86.1 Å². The number of nitrogens with one attached hydrogen (secondary N) is 1. The number of hydrogen-bond acceptors (Lipinski definition) is 6. The molecule has 0 aliphatic rings. The Bertz CT molecular complexity index is 1070. The van der Waals surface area contributed by atoms with Gasteiger partial charge in [0.15, 0.2) is 5.65 Å². The monoisotopic (exact) mass is 414 g/mol. The molecule has 7 nitrogen and oxygen atoms in total. The quantitative estimate of drug-likeness (QED) is 0.595. The molecule has 29 heavy (non-hydrogen) atoms. The lowest BCUT2D eigenvalue weighted by molar-refractivity contribution is 0.0601. The van der Waals surface area contributed by atoms with Crippen LogP contribution in [-0.2, 0) is 11.2 Å². The second kappa shape index (κ2) is 8.32. The van der Waals surface area contributed by atoms with Gasteiger partial charge in [-0.3, -0.25) is 4.79 Å². The van der Waals surface area contributed by atoms with Gasteiger partial charge in [-0.15, -0.1) is 11.3 Å². The number of aryl methyl sites for hydroxylation is 1. The summed E-state index contributed by atoms with van der Waals surface area (Å²) in [5.41, 5.74) is 3.13. The highest BCUT2D eigenvalue weighted by Crippen LogP contribution is 2.31. The molecule has 3 heterocycles. The SMILES string of the molecule is COC(=O)c1c(CC(C)C)csc1NC(=O)c1cc2cnn(C(C)C)c2nc1C. The summed E-state index contributed by atoms with van der Waals surface area (Å²) in [6, 6.07) is 1.96. The van der Waals surface area contributed by atoms with Crippen LogP contribution in [0.4, 0.5) is 5.00 Å². The molecule has 8 heteroatoms. The Balaban J connectivity index is 1.95. The second-order valence-corrected chi connectivity index (χ2v) is 8.61. The minimum absolute atomic E-state index is 0.173. The Kier molecular flexibility index (Phi) is 6.02. The number of fused-ring (bicyclic) bond motifs is 1. The molecule has 0 atom stereocenters. The summed E-state index contributed by atoms with van der Waals surface area (Å²) in [4.78, 5) is 29.9. The first-order valence-corrected chi connectivity index (χ1v) is 10.5. The highest BCUT2D eigenvalue weighted by molar-refractivity contribution is 7.15. The highest BCUT2D eigenvalue weighted by atomic mass is 32.1. The summed E-state index contributed by atoms with van der Waals surface area (Å²) in [7, 11) is 1.35. The first-order chi connectivity index (χ1) is 13.7. The van der Waals surface area contributed by atoms with Crippen molar-refractivity contribution in [3.8, 4) is 0 Å². The predicted octanol–water partition coefficient (Wildman–Crippen LogP) is 4.62. The van der Waals surface area contributed by atoms with Crippen LogP contribution in [0.2, 0.25) is 0 Å². The molecule has 0 unspecified atom stereocenters. The maximum atomic E-state index is 13.0. The van der Waals surface area contributed by atoms with E-state index >= 15 is 0 Å². The van der Waals surface area contributed by atoms with Gasteiger partial charge >= 0.3 is 5.97 Å². The number of methoxy groups -OCH3 is 1. The number of esters is 1. The molecule has 154 valence electrons. The van der Waals surface area contributed by atoms with Crippen LogP contribution in [0.1, 0.15) is 65.7 Å². The number of hydrogen-bond donors (Lipinski definition) is 1. The lowest BCUT2D eigenvalue weighted by Crippen LogP contribution is -2.16. The highest BCUT2D eigenvalue weighted by Gasteiger charge is 2.23. The average molecular weight is 415 g/mol. The number of anilines is 1. The van der Waals surface area contributed by atoms with Crippen LogP contribution < -0.4 is 5.32 Å². The molecule has 0 spiro atoms. The Labute approximate surface area is 174 Å². The number of aromatic nitrogens is 3. The van der Waals surface area contributed by atoms with E-state index in [9.17, 15) is 9.59 Å². The largest absolute Gasteiger partial charge is 0.465 e. The number of nitrogens with zero attached hydrogens (tertiary/aromatic N) is 3. The van der Waals surface area contributed by atoms with E-state index in [1.165, 1.54) is 18.4 Å². The third-order valence-electron chi connectivity index (χ3n) is 4.61. The van der Waals surface area contributed by atoms with Crippen molar-refractivity contribution >= 4 is 39.2 Å². The Morgan fingerprint density at radius 3 is 2.62 bits per heavy atom. The molecule has 0 fully saturated rings. The fourth-order valence-corrected chi connectivity index (χ4v) is 4.20. The van der Waals surface area contributed by atoms with E-state index in [2.05, 4.69) is 29.2 Å². The lowest BCUT2D eigenvalue weighted by atomic mass is 10.0. The van der Waals surface area contributed by atoms with Gasteiger partial charge in [0.2, 0.25) is 0 Å². The summed E-state index contributed by atoms with van der Waals surface area (Å²) in [5.74, 6) is -0.374. The lowest BCUT2D eigenvalue weighted by Gasteiger charge is -2.11. The second-order valence-electron chi connectivity index (χ2n) is 7.73. The van der Waals surface area contributed by atoms with E-state index in [0.29, 0.717) is 27.7 Å². The molecule has 0 saturated carbocycles. The summed E-state index contributed by atoms with van der Waals surface area (Å²) < 4.78 is 6.77. The minimum atomic E-state index is -0.444. The van der Waals surface area contributed by atoms with Crippen LogP contribution in [-0.4, -0.2) is 33.8 Å². The van der Waals surface area contributed by atoms with E-state index in [-0.39, 0.29) is 11.9 Å². The van der Waals surface area contributed by atoms with Crippen molar-refractivity contribution in [3.63, 3.8) is 0 Å². The van der Waals surface area contributed by atoms with Crippen molar-refractivity contribution in [3.05, 3.63) is 40.0 Å². The smallest absolute Gasteiger partial charge is 0.341 e. The standard InChI is InChI=1S/C21H26N4O3S/c1-11(2)7-15-10-29-20(17(15)21(27)28-6)24-19(26)16-8-14-9-22-25(12(3)4)18(14)23-13(16)5/h8-12H,7H2,1-6H3,(H,24,26). The van der Waals surface area contributed by atoms with Gasteiger partial charge in [-0.1, -0.05) is 13.8 Å². The van der Waals surface area contributed by atoms with Crippen LogP contribution >= 0.6 is 11.3 Å². The number of thiophene rings is 1. The molecule has 3 aromatic rings. The van der Waals surface area contributed by atoms with Gasteiger partial charge in [0.05, 0.1) is 30.1 Å². The van der Waals surface area contributed by atoms with Crippen molar-refractivity contribution in [1.29, 1.82) is 0 Å². The van der Waals surface area contributed by atoms with Crippen LogP contribution in [0.15, 0.2) is 17.6 Å². The third-order valence-corrected chi connectivity index (χ3v) is 5.55. The first-order valence-electron chi connectivity index (χ1n) is 9.57. The fraction of sp³-hybridized carbons (Fsp3) is 0.429. The average Bonchev–Trinajstić information content (AvgIpc) is 3.23. The third kappa shape index (κ3) is 4.17. The number of pyridine rings is 1. The molecule has 0 bridgehead atoms. The Hall–Kier alpha value is -2.74. The summed E-state index contributed by atoms with van der Waals surface area (Å²) >= 11 is 1.33. The molecule has 1 amide bonds.